The second kappa shape index (κ2) is 9.07. The number of furan rings is 1. The molecule has 1 fully saturated rings. The Kier molecular flexibility index (Phi) is 5.83. The van der Waals surface area contributed by atoms with Crippen molar-refractivity contribution in [3.63, 3.8) is 0 Å². The van der Waals surface area contributed by atoms with E-state index in [1.54, 1.807) is 27.8 Å². The van der Waals surface area contributed by atoms with Gasteiger partial charge in [0.05, 0.1) is 25.5 Å². The topological polar surface area (TPSA) is 69.7 Å². The van der Waals surface area contributed by atoms with Crippen LogP contribution in [0.4, 0.5) is 4.39 Å². The largest absolute Gasteiger partial charge is 0.493 e. The molecule has 1 atom stereocenters. The standard InChI is InChI=1S/C25H24FN3O4/c1-28-19(10-12-31-20-8-6-18(26)7-9-20)15-21(27-28)24-16-29(11-13-32-24)25(30)23-14-17-4-2-3-5-22(17)33-23/h2-9,14-15,24H,10-13,16H2,1H3. The zero-order valence-electron chi connectivity index (χ0n) is 18.2. The second-order valence-electron chi connectivity index (χ2n) is 8.00. The molecule has 0 aliphatic carbocycles. The smallest absolute Gasteiger partial charge is 0.289 e. The number of nitrogens with zero attached hydrogens (tertiary/aromatic N) is 3. The fraction of sp³-hybridized carbons (Fsp3) is 0.280. The van der Waals surface area contributed by atoms with Crippen LogP contribution in [0.1, 0.15) is 28.0 Å². The molecule has 1 unspecified atom stereocenters. The first-order valence-electron chi connectivity index (χ1n) is 10.9. The minimum Gasteiger partial charge on any atom is -0.493 e. The molecule has 1 aliphatic rings. The molecule has 0 bridgehead atoms. The molecule has 4 aromatic rings. The summed E-state index contributed by atoms with van der Waals surface area (Å²) < 4.78 is 32.2. The van der Waals surface area contributed by atoms with Crippen LogP contribution < -0.4 is 4.74 Å². The Morgan fingerprint density at radius 1 is 1.18 bits per heavy atom. The molecule has 1 amide bonds. The lowest BCUT2D eigenvalue weighted by Crippen LogP contribution is -2.42. The van der Waals surface area contributed by atoms with Gasteiger partial charge in [0, 0.05) is 31.1 Å². The normalized spacial score (nSPS) is 16.3. The van der Waals surface area contributed by atoms with Gasteiger partial charge in [-0.15, -0.1) is 0 Å². The summed E-state index contributed by atoms with van der Waals surface area (Å²) in [6, 6.07) is 17.3. The maximum absolute atomic E-state index is 13.0. The number of carbonyl (C=O) groups excluding carboxylic acids is 1. The number of aromatic nitrogens is 2. The van der Waals surface area contributed by atoms with Gasteiger partial charge in [0.15, 0.2) is 5.76 Å². The van der Waals surface area contributed by atoms with Crippen LogP contribution in [0, 0.1) is 5.82 Å². The number of carbonyl (C=O) groups is 1. The number of fused-ring (bicyclic) bond motifs is 1. The van der Waals surface area contributed by atoms with Crippen molar-refractivity contribution in [3.8, 4) is 5.75 Å². The SMILES string of the molecule is Cn1nc(C2CN(C(=O)c3cc4ccccc4o3)CCO2)cc1CCOc1ccc(F)cc1. The van der Waals surface area contributed by atoms with E-state index >= 15 is 0 Å². The highest BCUT2D eigenvalue weighted by Gasteiger charge is 2.29. The van der Waals surface area contributed by atoms with Crippen LogP contribution >= 0.6 is 0 Å². The van der Waals surface area contributed by atoms with Crippen molar-refractivity contribution in [2.75, 3.05) is 26.3 Å². The monoisotopic (exact) mass is 449 g/mol. The molecule has 170 valence electrons. The number of amides is 1. The van der Waals surface area contributed by atoms with Crippen LogP contribution in [0.3, 0.4) is 0 Å². The predicted molar refractivity (Wildman–Crippen MR) is 120 cm³/mol. The van der Waals surface area contributed by atoms with Crippen LogP contribution in [0.25, 0.3) is 11.0 Å². The average Bonchev–Trinajstić information content (AvgIpc) is 3.43. The molecule has 33 heavy (non-hydrogen) atoms. The van der Waals surface area contributed by atoms with Gasteiger partial charge in [-0.2, -0.15) is 5.10 Å². The van der Waals surface area contributed by atoms with Crippen LogP contribution in [0.5, 0.6) is 5.75 Å². The number of ether oxygens (including phenoxy) is 2. The number of hydrogen-bond acceptors (Lipinski definition) is 5. The number of halogens is 1. The Hall–Kier alpha value is -3.65. The van der Waals surface area contributed by atoms with Crippen molar-refractivity contribution in [1.29, 1.82) is 0 Å². The molecule has 0 radical (unpaired) electrons. The van der Waals surface area contributed by atoms with Gasteiger partial charge in [-0.05, 0) is 42.5 Å². The quantitative estimate of drug-likeness (QED) is 0.443. The van der Waals surface area contributed by atoms with Gasteiger partial charge in [0.25, 0.3) is 5.91 Å². The molecule has 2 aromatic heterocycles. The summed E-state index contributed by atoms with van der Waals surface area (Å²) in [6.45, 7) is 1.76. The fourth-order valence-electron chi connectivity index (χ4n) is 3.98. The first kappa shape index (κ1) is 21.2. The van der Waals surface area contributed by atoms with Crippen molar-refractivity contribution < 1.29 is 23.1 Å². The van der Waals surface area contributed by atoms with Gasteiger partial charge < -0.3 is 18.8 Å². The molecule has 1 aliphatic heterocycles. The van der Waals surface area contributed by atoms with Crippen molar-refractivity contribution in [2.24, 2.45) is 7.05 Å². The van der Waals surface area contributed by atoms with E-state index in [4.69, 9.17) is 13.9 Å². The summed E-state index contributed by atoms with van der Waals surface area (Å²) in [4.78, 5) is 14.8. The molecule has 8 heteroatoms. The highest BCUT2D eigenvalue weighted by Crippen LogP contribution is 2.25. The summed E-state index contributed by atoms with van der Waals surface area (Å²) >= 11 is 0. The van der Waals surface area contributed by atoms with Gasteiger partial charge in [-0.1, -0.05) is 18.2 Å². The van der Waals surface area contributed by atoms with Crippen LogP contribution in [0.2, 0.25) is 0 Å². The minimum absolute atomic E-state index is 0.150. The van der Waals surface area contributed by atoms with E-state index in [0.29, 0.717) is 49.8 Å². The molecular formula is C25H24FN3O4. The number of morpholine rings is 1. The Bertz CT molecular complexity index is 1230. The van der Waals surface area contributed by atoms with Crippen LogP contribution in [-0.2, 0) is 18.2 Å². The predicted octanol–water partition coefficient (Wildman–Crippen LogP) is 4.14. The lowest BCUT2D eigenvalue weighted by Gasteiger charge is -2.31. The first-order chi connectivity index (χ1) is 16.1. The van der Waals surface area contributed by atoms with Crippen LogP contribution in [0.15, 0.2) is 65.1 Å². The van der Waals surface area contributed by atoms with Gasteiger partial charge in [0.1, 0.15) is 23.3 Å². The zero-order valence-corrected chi connectivity index (χ0v) is 18.2. The minimum atomic E-state index is -0.315. The molecule has 0 saturated carbocycles. The van der Waals surface area contributed by atoms with E-state index in [-0.39, 0.29) is 17.8 Å². The maximum Gasteiger partial charge on any atom is 0.289 e. The number of para-hydroxylation sites is 1. The number of benzene rings is 2. The molecule has 1 saturated heterocycles. The summed E-state index contributed by atoms with van der Waals surface area (Å²) in [5.41, 5.74) is 2.45. The van der Waals surface area contributed by atoms with E-state index in [0.717, 1.165) is 16.8 Å². The Morgan fingerprint density at radius 3 is 2.82 bits per heavy atom. The number of hydrogen-bond donors (Lipinski definition) is 0. The summed E-state index contributed by atoms with van der Waals surface area (Å²) in [7, 11) is 1.87. The lowest BCUT2D eigenvalue weighted by atomic mass is 10.1. The number of aryl methyl sites for hydroxylation is 1. The molecule has 2 aromatic carbocycles. The average molecular weight is 449 g/mol. The third-order valence-electron chi connectivity index (χ3n) is 5.76. The molecule has 0 spiro atoms. The van der Waals surface area contributed by atoms with Crippen LogP contribution in [-0.4, -0.2) is 46.9 Å². The highest BCUT2D eigenvalue weighted by molar-refractivity contribution is 5.96. The van der Waals surface area contributed by atoms with Gasteiger partial charge in [0.2, 0.25) is 0 Å². The van der Waals surface area contributed by atoms with Crippen molar-refractivity contribution in [2.45, 2.75) is 12.5 Å². The Labute approximate surface area is 190 Å². The maximum atomic E-state index is 13.0. The third-order valence-corrected chi connectivity index (χ3v) is 5.76. The van der Waals surface area contributed by atoms with E-state index < -0.39 is 0 Å². The van der Waals surface area contributed by atoms with E-state index in [9.17, 15) is 9.18 Å². The Morgan fingerprint density at radius 2 is 2.00 bits per heavy atom. The summed E-state index contributed by atoms with van der Waals surface area (Å²) in [6.07, 6.45) is 0.319. The van der Waals surface area contributed by atoms with E-state index in [1.807, 2.05) is 37.4 Å². The molecule has 3 heterocycles. The second-order valence-corrected chi connectivity index (χ2v) is 8.00. The number of rotatable bonds is 6. The molecule has 7 nitrogen and oxygen atoms in total. The van der Waals surface area contributed by atoms with Gasteiger partial charge >= 0.3 is 0 Å². The first-order valence-corrected chi connectivity index (χ1v) is 10.9. The highest BCUT2D eigenvalue weighted by atomic mass is 19.1. The zero-order chi connectivity index (χ0) is 22.8. The van der Waals surface area contributed by atoms with Gasteiger partial charge in [-0.3, -0.25) is 9.48 Å². The van der Waals surface area contributed by atoms with E-state index in [2.05, 4.69) is 5.10 Å². The Balaban J connectivity index is 1.23. The van der Waals surface area contributed by atoms with Crippen molar-refractivity contribution >= 4 is 16.9 Å². The fourth-order valence-corrected chi connectivity index (χ4v) is 3.98. The molecule has 0 N–H and O–H groups in total. The lowest BCUT2D eigenvalue weighted by molar-refractivity contribution is -0.0257. The van der Waals surface area contributed by atoms with Crippen molar-refractivity contribution in [3.05, 3.63) is 83.6 Å². The summed E-state index contributed by atoms with van der Waals surface area (Å²) in [5.74, 6) is 0.507. The third kappa shape index (κ3) is 4.61. The van der Waals surface area contributed by atoms with E-state index in [1.165, 1.54) is 12.1 Å². The van der Waals surface area contributed by atoms with Crippen molar-refractivity contribution in [1.82, 2.24) is 14.7 Å². The molecule has 5 rings (SSSR count). The van der Waals surface area contributed by atoms with Gasteiger partial charge in [-0.25, -0.2) is 4.39 Å². The summed E-state index contributed by atoms with van der Waals surface area (Å²) in [5, 5.41) is 5.50. The molecular weight excluding hydrogens is 425 g/mol.